The van der Waals surface area contributed by atoms with Crippen molar-refractivity contribution in [2.75, 3.05) is 0 Å². The number of hydrogen-bond acceptors (Lipinski definition) is 2. The predicted octanol–water partition coefficient (Wildman–Crippen LogP) is 3.78. The van der Waals surface area contributed by atoms with Gasteiger partial charge in [-0.3, -0.25) is 9.20 Å². The van der Waals surface area contributed by atoms with Crippen LogP contribution in [-0.2, 0) is 6.54 Å². The van der Waals surface area contributed by atoms with Crippen LogP contribution in [0, 0.1) is 12.8 Å². The summed E-state index contributed by atoms with van der Waals surface area (Å²) in [5.74, 6) is 1.16. The first kappa shape index (κ1) is 14.9. The van der Waals surface area contributed by atoms with Crippen molar-refractivity contribution in [3.63, 3.8) is 0 Å². The third kappa shape index (κ3) is 2.66. The largest absolute Gasteiger partial charge is 0.315 e. The van der Waals surface area contributed by atoms with E-state index < -0.39 is 0 Å². The second kappa shape index (κ2) is 5.61. The number of aromatic nitrogens is 3. The van der Waals surface area contributed by atoms with Crippen LogP contribution in [0.1, 0.15) is 19.5 Å². The van der Waals surface area contributed by atoms with E-state index in [-0.39, 0.29) is 5.56 Å². The first-order valence-electron chi connectivity index (χ1n) is 7.31. The van der Waals surface area contributed by atoms with E-state index in [0.717, 1.165) is 23.5 Å². The molecule has 2 heterocycles. The molecule has 0 aliphatic rings. The second-order valence-electron chi connectivity index (χ2n) is 5.93. The number of fused-ring (bicyclic) bond motifs is 1. The Morgan fingerprint density at radius 1 is 1.23 bits per heavy atom. The summed E-state index contributed by atoms with van der Waals surface area (Å²) in [6.45, 7) is 7.07. The predicted molar refractivity (Wildman–Crippen MR) is 89.5 cm³/mol. The maximum atomic E-state index is 12.2. The van der Waals surface area contributed by atoms with Gasteiger partial charge in [-0.15, -0.1) is 0 Å². The minimum atomic E-state index is -0.0554. The quantitative estimate of drug-likeness (QED) is 0.738. The number of rotatable bonds is 3. The minimum Gasteiger partial charge on any atom is -0.315 e. The molecule has 1 aromatic carbocycles. The standard InChI is InChI=1S/C17H18ClN3O/c1-11(2)9-20-12(3)8-16(22)21-10-15(19-17(20)21)13-4-6-14(18)7-5-13/h4-8,10-11H,9H2,1-3H3. The lowest BCUT2D eigenvalue weighted by Gasteiger charge is -2.13. The van der Waals surface area contributed by atoms with E-state index in [9.17, 15) is 4.79 Å². The SMILES string of the molecule is Cc1cc(=O)n2cc(-c3ccc(Cl)cc3)nc2n1CC(C)C. The summed E-state index contributed by atoms with van der Waals surface area (Å²) in [5.41, 5.74) is 2.60. The van der Waals surface area contributed by atoms with Gasteiger partial charge >= 0.3 is 0 Å². The Kier molecular flexibility index (Phi) is 3.79. The normalized spacial score (nSPS) is 11.5. The Bertz CT molecular complexity index is 875. The summed E-state index contributed by atoms with van der Waals surface area (Å²) in [6.07, 6.45) is 1.79. The maximum Gasteiger partial charge on any atom is 0.259 e. The van der Waals surface area contributed by atoms with E-state index >= 15 is 0 Å². The van der Waals surface area contributed by atoms with Gasteiger partial charge in [-0.05, 0) is 25.0 Å². The summed E-state index contributed by atoms with van der Waals surface area (Å²) in [7, 11) is 0. The van der Waals surface area contributed by atoms with E-state index in [1.807, 2.05) is 31.2 Å². The molecule has 0 radical (unpaired) electrons. The van der Waals surface area contributed by atoms with Gasteiger partial charge in [0.2, 0.25) is 5.78 Å². The fourth-order valence-electron chi connectivity index (χ4n) is 2.56. The highest BCUT2D eigenvalue weighted by Crippen LogP contribution is 2.21. The van der Waals surface area contributed by atoms with Gasteiger partial charge in [0.25, 0.3) is 5.56 Å². The van der Waals surface area contributed by atoms with Crippen LogP contribution in [0.4, 0.5) is 0 Å². The third-order valence-electron chi connectivity index (χ3n) is 3.61. The molecule has 0 bridgehead atoms. The molecule has 0 unspecified atom stereocenters. The Balaban J connectivity index is 2.22. The zero-order valence-corrected chi connectivity index (χ0v) is 13.6. The van der Waals surface area contributed by atoms with Gasteiger partial charge in [0.1, 0.15) is 0 Å². The second-order valence-corrected chi connectivity index (χ2v) is 6.37. The summed E-state index contributed by atoms with van der Waals surface area (Å²) < 4.78 is 3.70. The fourth-order valence-corrected chi connectivity index (χ4v) is 2.68. The Morgan fingerprint density at radius 2 is 1.91 bits per heavy atom. The molecular formula is C17H18ClN3O. The van der Waals surface area contributed by atoms with Crippen LogP contribution in [0.3, 0.4) is 0 Å². The van der Waals surface area contributed by atoms with Gasteiger partial charge < -0.3 is 4.57 Å². The van der Waals surface area contributed by atoms with E-state index in [0.29, 0.717) is 16.7 Å². The monoisotopic (exact) mass is 315 g/mol. The average molecular weight is 316 g/mol. The molecule has 0 saturated heterocycles. The van der Waals surface area contributed by atoms with Crippen molar-refractivity contribution < 1.29 is 0 Å². The van der Waals surface area contributed by atoms with Crippen LogP contribution in [0.15, 0.2) is 41.3 Å². The van der Waals surface area contributed by atoms with Crippen LogP contribution in [0.25, 0.3) is 17.0 Å². The van der Waals surface area contributed by atoms with Crippen LogP contribution in [-0.4, -0.2) is 14.0 Å². The molecule has 0 fully saturated rings. The van der Waals surface area contributed by atoms with E-state index in [2.05, 4.69) is 23.4 Å². The Labute approximate surface area is 134 Å². The van der Waals surface area contributed by atoms with E-state index in [4.69, 9.17) is 11.6 Å². The number of nitrogens with zero attached hydrogens (tertiary/aromatic N) is 3. The highest BCUT2D eigenvalue weighted by Gasteiger charge is 2.12. The number of aryl methyl sites for hydroxylation is 1. The maximum absolute atomic E-state index is 12.2. The van der Waals surface area contributed by atoms with Crippen LogP contribution < -0.4 is 5.56 Å². The van der Waals surface area contributed by atoms with Gasteiger partial charge in [0.05, 0.1) is 5.69 Å². The first-order valence-corrected chi connectivity index (χ1v) is 7.69. The first-order chi connectivity index (χ1) is 10.5. The zero-order valence-electron chi connectivity index (χ0n) is 12.9. The molecule has 0 N–H and O–H groups in total. The van der Waals surface area contributed by atoms with Gasteiger partial charge in [-0.1, -0.05) is 37.6 Å². The van der Waals surface area contributed by atoms with Gasteiger partial charge in [0.15, 0.2) is 0 Å². The van der Waals surface area contributed by atoms with Crippen molar-refractivity contribution in [2.45, 2.75) is 27.3 Å². The van der Waals surface area contributed by atoms with Crippen molar-refractivity contribution in [1.29, 1.82) is 0 Å². The highest BCUT2D eigenvalue weighted by atomic mass is 35.5. The number of imidazole rings is 1. The smallest absolute Gasteiger partial charge is 0.259 e. The molecule has 22 heavy (non-hydrogen) atoms. The zero-order chi connectivity index (χ0) is 15.9. The van der Waals surface area contributed by atoms with Crippen molar-refractivity contribution in [3.05, 3.63) is 57.6 Å². The molecule has 2 aromatic heterocycles. The number of halogens is 1. The molecule has 5 heteroatoms. The molecule has 3 aromatic rings. The molecule has 0 saturated carbocycles. The number of hydrogen-bond donors (Lipinski definition) is 0. The van der Waals surface area contributed by atoms with Crippen molar-refractivity contribution in [1.82, 2.24) is 14.0 Å². The topological polar surface area (TPSA) is 39.3 Å². The summed E-state index contributed by atoms with van der Waals surface area (Å²) in [4.78, 5) is 16.9. The van der Waals surface area contributed by atoms with E-state index in [1.165, 1.54) is 0 Å². The van der Waals surface area contributed by atoms with Crippen molar-refractivity contribution in [2.24, 2.45) is 5.92 Å². The van der Waals surface area contributed by atoms with Crippen LogP contribution >= 0.6 is 11.6 Å². The van der Waals surface area contributed by atoms with Gasteiger partial charge in [0, 0.05) is 35.1 Å². The lowest BCUT2D eigenvalue weighted by molar-refractivity contribution is 0.515. The Hall–Kier alpha value is -2.07. The highest BCUT2D eigenvalue weighted by molar-refractivity contribution is 6.30. The molecule has 4 nitrogen and oxygen atoms in total. The van der Waals surface area contributed by atoms with Crippen LogP contribution in [0.2, 0.25) is 5.02 Å². The molecule has 0 aliphatic heterocycles. The lowest BCUT2D eigenvalue weighted by atomic mass is 10.2. The summed E-state index contributed by atoms with van der Waals surface area (Å²) in [6, 6.07) is 9.13. The van der Waals surface area contributed by atoms with Crippen molar-refractivity contribution >= 4 is 17.4 Å². The number of benzene rings is 1. The summed E-state index contributed by atoms with van der Waals surface area (Å²) in [5, 5.41) is 0.683. The summed E-state index contributed by atoms with van der Waals surface area (Å²) >= 11 is 5.93. The third-order valence-corrected chi connectivity index (χ3v) is 3.86. The molecule has 0 atom stereocenters. The minimum absolute atomic E-state index is 0.0554. The molecular weight excluding hydrogens is 298 g/mol. The average Bonchev–Trinajstić information content (AvgIpc) is 2.89. The molecule has 0 aliphatic carbocycles. The van der Waals surface area contributed by atoms with Crippen LogP contribution in [0.5, 0.6) is 0 Å². The molecule has 0 amide bonds. The Morgan fingerprint density at radius 3 is 2.55 bits per heavy atom. The van der Waals surface area contributed by atoms with Gasteiger partial charge in [-0.2, -0.15) is 0 Å². The fraction of sp³-hybridized carbons (Fsp3) is 0.294. The van der Waals surface area contributed by atoms with E-state index in [1.54, 1.807) is 16.7 Å². The molecule has 0 spiro atoms. The van der Waals surface area contributed by atoms with Gasteiger partial charge in [-0.25, -0.2) is 4.98 Å². The lowest BCUT2D eigenvalue weighted by Crippen LogP contribution is -2.20. The molecule has 3 rings (SSSR count). The molecule has 114 valence electrons. The van der Waals surface area contributed by atoms with Crippen molar-refractivity contribution in [3.8, 4) is 11.3 Å².